The van der Waals surface area contributed by atoms with Crippen LogP contribution in [0.25, 0.3) is 5.76 Å². The smallest absolute Gasteiger partial charge is 0.421 e. The molecule has 44 heavy (non-hydrogen) atoms. The zero-order chi connectivity index (χ0) is 31.3. The largest absolute Gasteiger partial charge is 0.493 e. The Kier molecular flexibility index (Phi) is 8.26. The molecule has 9 nitrogen and oxygen atoms in total. The molecule has 1 aliphatic rings. The van der Waals surface area contributed by atoms with Gasteiger partial charge in [-0.25, -0.2) is 4.99 Å². The molecule has 0 spiro atoms. The normalized spacial score (nSPS) is 13.4. The van der Waals surface area contributed by atoms with Gasteiger partial charge in [0.15, 0.2) is 17.3 Å². The number of rotatable bonds is 8. The molecule has 0 unspecified atom stereocenters. The van der Waals surface area contributed by atoms with E-state index in [1.807, 2.05) is 12.1 Å². The van der Waals surface area contributed by atoms with Gasteiger partial charge < -0.3 is 28.7 Å². The molecule has 4 aromatic rings. The molecule has 2 heterocycles. The van der Waals surface area contributed by atoms with Crippen LogP contribution in [0.1, 0.15) is 22.4 Å². The van der Waals surface area contributed by atoms with Gasteiger partial charge in [-0.15, -0.1) is 0 Å². The lowest BCUT2D eigenvalue weighted by Crippen LogP contribution is -2.05. The van der Waals surface area contributed by atoms with E-state index in [1.165, 1.54) is 50.6 Å². The molecule has 0 radical (unpaired) electrons. The molecule has 0 aliphatic carbocycles. The molecule has 5 rings (SSSR count). The zero-order valence-electron chi connectivity index (χ0n) is 23.1. The third-order valence-corrected chi connectivity index (χ3v) is 6.17. The van der Waals surface area contributed by atoms with Gasteiger partial charge in [-0.05, 0) is 72.8 Å². The van der Waals surface area contributed by atoms with Gasteiger partial charge in [0, 0.05) is 6.08 Å². The van der Waals surface area contributed by atoms with Gasteiger partial charge in [-0.3, -0.25) is 0 Å². The second-order valence-electron chi connectivity index (χ2n) is 8.99. The fourth-order valence-electron chi connectivity index (χ4n) is 4.07. The highest BCUT2D eigenvalue weighted by Gasteiger charge is 2.38. The van der Waals surface area contributed by atoms with Crippen molar-refractivity contribution in [1.29, 1.82) is 10.5 Å². The minimum atomic E-state index is -4.81. The number of aromatic nitrogens is 1. The van der Waals surface area contributed by atoms with Crippen LogP contribution >= 0.6 is 0 Å². The summed E-state index contributed by atoms with van der Waals surface area (Å²) in [5.41, 5.74) is -0.366. The standard InChI is InChI=1S/C32H21F3N4O5/c1-40-26-4-3-5-27(41-2)30(26)44-29(24-14-15-28(38-24)42-21-10-6-19(17-36)7-11-21)25-16-23(32(33,34)35)31(39-25)43-22-12-8-20(18-37)9-13-22/h3-16,39H,1-2H3. The topological polar surface area (TPSA) is 122 Å². The minimum Gasteiger partial charge on any atom is -0.493 e. The van der Waals surface area contributed by atoms with Crippen molar-refractivity contribution in [3.8, 4) is 46.8 Å². The fourth-order valence-corrected chi connectivity index (χ4v) is 4.07. The van der Waals surface area contributed by atoms with Crippen LogP contribution < -0.4 is 23.7 Å². The fraction of sp³-hybridized carbons (Fsp3) is 0.0938. The average molecular weight is 599 g/mol. The van der Waals surface area contributed by atoms with E-state index in [4.69, 9.17) is 34.2 Å². The molecule has 0 saturated heterocycles. The Morgan fingerprint density at radius 2 is 1.36 bits per heavy atom. The Morgan fingerprint density at radius 3 is 1.89 bits per heavy atom. The monoisotopic (exact) mass is 598 g/mol. The number of hydrogen-bond acceptors (Lipinski definition) is 8. The summed E-state index contributed by atoms with van der Waals surface area (Å²) in [7, 11) is 2.82. The number of ether oxygens (including phenoxy) is 5. The van der Waals surface area contributed by atoms with Gasteiger partial charge in [0.2, 0.25) is 17.5 Å². The molecule has 0 saturated carbocycles. The summed E-state index contributed by atoms with van der Waals surface area (Å²) in [6, 6.07) is 21.6. The first-order valence-corrected chi connectivity index (χ1v) is 12.8. The van der Waals surface area contributed by atoms with Crippen LogP contribution in [-0.2, 0) is 6.18 Å². The first-order chi connectivity index (χ1) is 21.2. The summed E-state index contributed by atoms with van der Waals surface area (Å²) in [5, 5.41) is 18.1. The van der Waals surface area contributed by atoms with Crippen molar-refractivity contribution in [2.45, 2.75) is 6.18 Å². The lowest BCUT2D eigenvalue weighted by Gasteiger charge is -2.16. The summed E-state index contributed by atoms with van der Waals surface area (Å²) >= 11 is 0. The Morgan fingerprint density at radius 1 is 0.795 bits per heavy atom. The molecular formula is C32H21F3N4O5. The predicted octanol–water partition coefficient (Wildman–Crippen LogP) is 7.38. The highest BCUT2D eigenvalue weighted by molar-refractivity contribution is 5.95. The molecular weight excluding hydrogens is 577 g/mol. The molecule has 1 N–H and O–H groups in total. The number of alkyl halides is 3. The summed E-state index contributed by atoms with van der Waals surface area (Å²) < 4.78 is 71.1. The number of nitriles is 2. The van der Waals surface area contributed by atoms with Crippen molar-refractivity contribution in [3.63, 3.8) is 0 Å². The van der Waals surface area contributed by atoms with E-state index in [2.05, 4.69) is 9.98 Å². The number of nitrogens with one attached hydrogen (secondary N) is 1. The second-order valence-corrected chi connectivity index (χ2v) is 8.99. The van der Waals surface area contributed by atoms with Crippen LogP contribution in [0.4, 0.5) is 13.2 Å². The van der Waals surface area contributed by atoms with Gasteiger partial charge >= 0.3 is 6.18 Å². The highest BCUT2D eigenvalue weighted by Crippen LogP contribution is 2.44. The van der Waals surface area contributed by atoms with E-state index in [-0.39, 0.29) is 46.0 Å². The van der Waals surface area contributed by atoms with Crippen molar-refractivity contribution in [2.75, 3.05) is 14.2 Å². The van der Waals surface area contributed by atoms with Crippen molar-refractivity contribution in [2.24, 2.45) is 4.99 Å². The van der Waals surface area contributed by atoms with E-state index in [9.17, 15) is 13.2 Å². The van der Waals surface area contributed by atoms with Crippen molar-refractivity contribution in [3.05, 3.63) is 113 Å². The van der Waals surface area contributed by atoms with Crippen LogP contribution in [0.3, 0.4) is 0 Å². The zero-order valence-corrected chi connectivity index (χ0v) is 23.1. The number of nitrogens with zero attached hydrogens (tertiary/aromatic N) is 3. The number of allylic oxidation sites excluding steroid dienone is 1. The molecule has 0 fully saturated rings. The van der Waals surface area contributed by atoms with Crippen molar-refractivity contribution >= 4 is 11.7 Å². The first kappa shape index (κ1) is 29.4. The molecule has 0 atom stereocenters. The van der Waals surface area contributed by atoms with E-state index in [0.717, 1.165) is 6.07 Å². The van der Waals surface area contributed by atoms with Gasteiger partial charge in [0.05, 0.1) is 43.2 Å². The van der Waals surface area contributed by atoms with Gasteiger partial charge in [0.1, 0.15) is 22.8 Å². The van der Waals surface area contributed by atoms with Gasteiger partial charge in [-0.2, -0.15) is 23.7 Å². The Balaban J connectivity index is 1.61. The SMILES string of the molecule is COc1cccc(OC)c1OC(=C1C=CC(Oc2ccc(C#N)cc2)=N1)c1cc(C(F)(F)F)c(Oc2ccc(C#N)cc2)[nH]1. The van der Waals surface area contributed by atoms with Crippen LogP contribution in [0.5, 0.6) is 34.6 Å². The van der Waals surface area contributed by atoms with Crippen molar-refractivity contribution < 1.29 is 36.9 Å². The lowest BCUT2D eigenvalue weighted by molar-refractivity contribution is -0.138. The van der Waals surface area contributed by atoms with Crippen LogP contribution in [0, 0.1) is 22.7 Å². The van der Waals surface area contributed by atoms with E-state index < -0.39 is 17.6 Å². The highest BCUT2D eigenvalue weighted by atomic mass is 19.4. The summed E-state index contributed by atoms with van der Waals surface area (Å²) in [5.74, 6) is 0.435. The van der Waals surface area contributed by atoms with Crippen molar-refractivity contribution in [1.82, 2.24) is 4.98 Å². The quantitative estimate of drug-likeness (QED) is 0.210. The van der Waals surface area contributed by atoms with E-state index >= 15 is 0 Å². The maximum atomic E-state index is 14.2. The number of para-hydroxylation sites is 1. The van der Waals surface area contributed by atoms with Crippen LogP contribution in [0.15, 0.2) is 95.6 Å². The number of H-pyrrole nitrogens is 1. The summed E-state index contributed by atoms with van der Waals surface area (Å²) in [6.07, 6.45) is -1.79. The first-order valence-electron chi connectivity index (χ1n) is 12.8. The Bertz CT molecular complexity index is 1840. The van der Waals surface area contributed by atoms with E-state index in [0.29, 0.717) is 16.9 Å². The summed E-state index contributed by atoms with van der Waals surface area (Å²) in [6.45, 7) is 0. The lowest BCUT2D eigenvalue weighted by atomic mass is 10.2. The van der Waals surface area contributed by atoms with Crippen LogP contribution in [-0.4, -0.2) is 25.1 Å². The van der Waals surface area contributed by atoms with Crippen LogP contribution in [0.2, 0.25) is 0 Å². The maximum absolute atomic E-state index is 14.2. The molecule has 1 aromatic heterocycles. The third-order valence-electron chi connectivity index (χ3n) is 6.17. The number of hydrogen-bond donors (Lipinski definition) is 1. The number of halogens is 3. The van der Waals surface area contributed by atoms with Gasteiger partial charge in [-0.1, -0.05) is 6.07 Å². The predicted molar refractivity (Wildman–Crippen MR) is 152 cm³/mol. The molecule has 3 aromatic carbocycles. The molecule has 1 aliphatic heterocycles. The van der Waals surface area contributed by atoms with E-state index in [1.54, 1.807) is 42.5 Å². The van der Waals surface area contributed by atoms with Gasteiger partial charge in [0.25, 0.3) is 0 Å². The Labute approximate surface area is 249 Å². The number of aromatic amines is 1. The molecule has 0 amide bonds. The molecule has 0 bridgehead atoms. The third kappa shape index (κ3) is 6.35. The number of benzene rings is 3. The molecule has 12 heteroatoms. The Hall–Kier alpha value is -6.14. The second kappa shape index (κ2) is 12.4. The summed E-state index contributed by atoms with van der Waals surface area (Å²) in [4.78, 5) is 7.10. The average Bonchev–Trinajstić information content (AvgIpc) is 3.68. The number of methoxy groups -OCH3 is 2. The number of aliphatic imine (C=N–C) groups is 1. The minimum absolute atomic E-state index is 0.0707. The maximum Gasteiger partial charge on any atom is 0.421 e. The molecule has 220 valence electrons.